The van der Waals surface area contributed by atoms with Gasteiger partial charge in [0.1, 0.15) is 5.82 Å². The zero-order chi connectivity index (χ0) is 20.5. The number of fused-ring (bicyclic) bond motifs is 1. The van der Waals surface area contributed by atoms with Gasteiger partial charge in [0.05, 0.1) is 34.5 Å². The van der Waals surface area contributed by atoms with Crippen LogP contribution in [0.1, 0.15) is 35.5 Å². The summed E-state index contributed by atoms with van der Waals surface area (Å²) in [7, 11) is 0. The number of nitrogens with one attached hydrogen (secondary N) is 1. The summed E-state index contributed by atoms with van der Waals surface area (Å²) in [4.78, 5) is 18.5. The fourth-order valence-corrected chi connectivity index (χ4v) is 3.65. The van der Waals surface area contributed by atoms with Crippen LogP contribution in [0.25, 0.3) is 11.1 Å². The van der Waals surface area contributed by atoms with E-state index < -0.39 is 0 Å². The predicted molar refractivity (Wildman–Crippen MR) is 106 cm³/mol. The highest BCUT2D eigenvalue weighted by Gasteiger charge is 2.24. The zero-order valence-corrected chi connectivity index (χ0v) is 16.6. The molecule has 1 aromatic carbocycles. The Morgan fingerprint density at radius 2 is 2.03 bits per heavy atom. The van der Waals surface area contributed by atoms with Gasteiger partial charge in [-0.25, -0.2) is 9.37 Å². The number of halogens is 1. The summed E-state index contributed by atoms with van der Waals surface area (Å²) < 4.78 is 25.5. The molecule has 8 heteroatoms. The normalized spacial score (nSPS) is 19.5. The number of rotatable bonds is 4. The van der Waals surface area contributed by atoms with Crippen molar-refractivity contribution in [2.75, 3.05) is 18.0 Å². The molecule has 3 aromatic rings. The van der Waals surface area contributed by atoms with E-state index in [1.54, 1.807) is 19.1 Å². The fourth-order valence-electron chi connectivity index (χ4n) is 3.65. The summed E-state index contributed by atoms with van der Waals surface area (Å²) in [6.45, 7) is 7.27. The molecule has 0 bridgehead atoms. The van der Waals surface area contributed by atoms with Crippen molar-refractivity contribution >= 4 is 22.7 Å². The van der Waals surface area contributed by atoms with Crippen molar-refractivity contribution in [3.8, 4) is 0 Å². The lowest BCUT2D eigenvalue weighted by molar-refractivity contribution is -0.00539. The number of hydrogen-bond donors (Lipinski definition) is 1. The molecule has 152 valence electrons. The lowest BCUT2D eigenvalue weighted by Gasteiger charge is -2.37. The first-order valence-electron chi connectivity index (χ1n) is 9.60. The molecule has 0 radical (unpaired) electrons. The second-order valence-corrected chi connectivity index (χ2v) is 7.48. The highest BCUT2D eigenvalue weighted by atomic mass is 19.1. The van der Waals surface area contributed by atoms with Gasteiger partial charge in [0.2, 0.25) is 0 Å². The van der Waals surface area contributed by atoms with E-state index >= 15 is 0 Å². The number of anilines is 1. The van der Waals surface area contributed by atoms with E-state index in [9.17, 15) is 9.18 Å². The molecule has 3 heterocycles. The number of nitrogens with zero attached hydrogens (tertiary/aromatic N) is 3. The molecule has 2 aromatic heterocycles. The minimum atomic E-state index is -0.304. The number of amides is 1. The smallest absolute Gasteiger partial charge is 0.257 e. The van der Waals surface area contributed by atoms with Crippen molar-refractivity contribution in [3.05, 3.63) is 53.1 Å². The second-order valence-electron chi connectivity index (χ2n) is 7.48. The number of carbonyl (C=O) groups is 1. The summed E-state index contributed by atoms with van der Waals surface area (Å²) in [5.74, 6) is -0.596. The van der Waals surface area contributed by atoms with Gasteiger partial charge >= 0.3 is 0 Å². The van der Waals surface area contributed by atoms with Gasteiger partial charge in [-0.2, -0.15) is 0 Å². The average molecular weight is 398 g/mol. The van der Waals surface area contributed by atoms with Gasteiger partial charge in [-0.3, -0.25) is 4.79 Å². The number of carbonyl (C=O) groups excluding carboxylic acids is 1. The maximum Gasteiger partial charge on any atom is 0.257 e. The van der Waals surface area contributed by atoms with Gasteiger partial charge in [0.15, 0.2) is 0 Å². The van der Waals surface area contributed by atoms with Crippen molar-refractivity contribution in [1.29, 1.82) is 0 Å². The molecule has 0 aliphatic carbocycles. The number of hydrogen-bond acceptors (Lipinski definition) is 6. The van der Waals surface area contributed by atoms with Crippen molar-refractivity contribution < 1.29 is 18.4 Å². The molecule has 2 atom stereocenters. The molecule has 0 spiro atoms. The Hall–Kier alpha value is -3.00. The van der Waals surface area contributed by atoms with Crippen LogP contribution in [0.2, 0.25) is 0 Å². The molecule has 29 heavy (non-hydrogen) atoms. The number of aryl methyl sites for hydroxylation is 1. The zero-order valence-electron chi connectivity index (χ0n) is 16.6. The minimum absolute atomic E-state index is 0.0529. The SMILES string of the molecule is Cc1noc2ncc(C(=O)NCc3ccc(N4C[C@H](C)O[C@@H](C)C4)c(F)c3)cc12. The first kappa shape index (κ1) is 19.3. The van der Waals surface area contributed by atoms with Gasteiger partial charge in [0.25, 0.3) is 11.6 Å². The minimum Gasteiger partial charge on any atom is -0.372 e. The van der Waals surface area contributed by atoms with Gasteiger partial charge < -0.3 is 19.5 Å². The van der Waals surface area contributed by atoms with Crippen LogP contribution in [0.4, 0.5) is 10.1 Å². The number of aromatic nitrogens is 2. The Morgan fingerprint density at radius 3 is 2.76 bits per heavy atom. The van der Waals surface area contributed by atoms with Gasteiger partial charge in [-0.05, 0) is 44.5 Å². The fraction of sp³-hybridized carbons (Fsp3) is 0.381. The average Bonchev–Trinajstić information content (AvgIpc) is 3.05. The summed E-state index contributed by atoms with van der Waals surface area (Å²) in [5, 5.41) is 7.33. The Balaban J connectivity index is 1.43. The van der Waals surface area contributed by atoms with Gasteiger partial charge in [-0.1, -0.05) is 11.2 Å². The van der Waals surface area contributed by atoms with Crippen LogP contribution in [0.3, 0.4) is 0 Å². The summed E-state index contributed by atoms with van der Waals surface area (Å²) in [6, 6.07) is 6.74. The van der Waals surface area contributed by atoms with Crippen LogP contribution in [0.15, 0.2) is 35.0 Å². The monoisotopic (exact) mass is 398 g/mol. The summed E-state index contributed by atoms with van der Waals surface area (Å²) in [6.07, 6.45) is 1.54. The largest absolute Gasteiger partial charge is 0.372 e. The molecule has 1 fully saturated rings. The van der Waals surface area contributed by atoms with Crippen LogP contribution < -0.4 is 10.2 Å². The van der Waals surface area contributed by atoms with Crippen LogP contribution in [0, 0.1) is 12.7 Å². The molecule has 0 unspecified atom stereocenters. The first-order chi connectivity index (χ1) is 13.9. The van der Waals surface area contributed by atoms with E-state index in [4.69, 9.17) is 9.26 Å². The Labute approximate surface area is 167 Å². The van der Waals surface area contributed by atoms with Gasteiger partial charge in [-0.15, -0.1) is 0 Å². The van der Waals surface area contributed by atoms with E-state index in [-0.39, 0.29) is 30.5 Å². The molecular formula is C21H23FN4O3. The third-order valence-corrected chi connectivity index (χ3v) is 5.00. The maximum atomic E-state index is 14.7. The standard InChI is InChI=1S/C21H23FN4O3/c1-12-10-26(11-13(2)28-12)19-5-4-15(6-18(19)22)8-23-20(27)16-7-17-14(3)25-29-21(17)24-9-16/h4-7,9,12-13H,8,10-11H2,1-3H3,(H,23,27)/t12-,13-/m0/s1. The number of pyridine rings is 1. The van der Waals surface area contributed by atoms with Crippen molar-refractivity contribution in [2.24, 2.45) is 0 Å². The van der Waals surface area contributed by atoms with E-state index in [1.807, 2.05) is 24.8 Å². The third kappa shape index (κ3) is 4.07. The molecule has 1 saturated heterocycles. The van der Waals surface area contributed by atoms with E-state index in [1.165, 1.54) is 12.3 Å². The Bertz CT molecular complexity index is 1040. The molecule has 4 rings (SSSR count). The summed E-state index contributed by atoms with van der Waals surface area (Å²) >= 11 is 0. The van der Waals surface area contributed by atoms with E-state index in [0.29, 0.717) is 46.7 Å². The molecular weight excluding hydrogens is 375 g/mol. The number of ether oxygens (including phenoxy) is 1. The van der Waals surface area contributed by atoms with Crippen LogP contribution in [-0.4, -0.2) is 41.3 Å². The maximum absolute atomic E-state index is 14.7. The van der Waals surface area contributed by atoms with Crippen LogP contribution in [-0.2, 0) is 11.3 Å². The number of benzene rings is 1. The molecule has 1 aliphatic rings. The second kappa shape index (κ2) is 7.79. The predicted octanol–water partition coefficient (Wildman–Crippen LogP) is 3.21. The summed E-state index contributed by atoms with van der Waals surface area (Å²) in [5.41, 5.74) is 2.70. The van der Waals surface area contributed by atoms with E-state index in [0.717, 1.165) is 0 Å². The quantitative estimate of drug-likeness (QED) is 0.727. The first-order valence-corrected chi connectivity index (χ1v) is 9.60. The topological polar surface area (TPSA) is 80.5 Å². The Kier molecular flexibility index (Phi) is 5.19. The molecule has 1 amide bonds. The molecule has 7 nitrogen and oxygen atoms in total. The molecule has 1 aliphatic heterocycles. The van der Waals surface area contributed by atoms with Crippen molar-refractivity contribution in [2.45, 2.75) is 39.5 Å². The number of morpholine rings is 1. The molecule has 0 saturated carbocycles. The lowest BCUT2D eigenvalue weighted by atomic mass is 10.1. The highest BCUT2D eigenvalue weighted by Crippen LogP contribution is 2.24. The van der Waals surface area contributed by atoms with E-state index in [2.05, 4.69) is 15.5 Å². The van der Waals surface area contributed by atoms with Crippen LogP contribution in [0.5, 0.6) is 0 Å². The van der Waals surface area contributed by atoms with Crippen molar-refractivity contribution in [3.63, 3.8) is 0 Å². The Morgan fingerprint density at radius 1 is 1.28 bits per heavy atom. The van der Waals surface area contributed by atoms with Crippen LogP contribution >= 0.6 is 0 Å². The van der Waals surface area contributed by atoms with Gasteiger partial charge in [0, 0.05) is 25.8 Å². The third-order valence-electron chi connectivity index (χ3n) is 5.00. The lowest BCUT2D eigenvalue weighted by Crippen LogP contribution is -2.45. The highest BCUT2D eigenvalue weighted by molar-refractivity contribution is 5.96. The van der Waals surface area contributed by atoms with Crippen molar-refractivity contribution in [1.82, 2.24) is 15.5 Å². The molecule has 1 N–H and O–H groups in total.